The molecule has 0 spiro atoms. The van der Waals surface area contributed by atoms with Gasteiger partial charge in [-0.3, -0.25) is 0 Å². The van der Waals surface area contributed by atoms with Gasteiger partial charge in [0.25, 0.3) is 0 Å². The molecule has 0 aliphatic rings. The standard InChI is InChI=1S/C8H12N2S2/c1-3-4-5-7(2)12-8-10-9-6-11-8/h3,6-7H,1,4-5H2,2H3. The average molecular weight is 200 g/mol. The molecule has 1 unspecified atom stereocenters. The zero-order chi connectivity index (χ0) is 8.81. The Labute approximate surface area is 81.1 Å². The van der Waals surface area contributed by atoms with Crippen LogP contribution in [0.2, 0.25) is 0 Å². The van der Waals surface area contributed by atoms with Crippen molar-refractivity contribution in [3.63, 3.8) is 0 Å². The quantitative estimate of drug-likeness (QED) is 0.540. The maximum absolute atomic E-state index is 3.97. The fourth-order valence-corrected chi connectivity index (χ4v) is 2.61. The van der Waals surface area contributed by atoms with Crippen LogP contribution in [0.15, 0.2) is 22.5 Å². The molecule has 0 bridgehead atoms. The third-order valence-corrected chi connectivity index (χ3v) is 3.40. The lowest BCUT2D eigenvalue weighted by Gasteiger charge is -2.05. The Hall–Kier alpha value is -0.350. The van der Waals surface area contributed by atoms with Crippen LogP contribution in [0, 0.1) is 0 Å². The second-order valence-electron chi connectivity index (χ2n) is 2.50. The van der Waals surface area contributed by atoms with E-state index in [-0.39, 0.29) is 0 Å². The molecule has 2 nitrogen and oxygen atoms in total. The molecule has 0 fully saturated rings. The van der Waals surface area contributed by atoms with Crippen LogP contribution in [0.5, 0.6) is 0 Å². The summed E-state index contributed by atoms with van der Waals surface area (Å²) >= 11 is 3.39. The SMILES string of the molecule is C=CCCC(C)Sc1nncs1. The summed E-state index contributed by atoms with van der Waals surface area (Å²) in [5.74, 6) is 0. The normalized spacial score (nSPS) is 12.8. The molecular formula is C8H12N2S2. The van der Waals surface area contributed by atoms with Gasteiger partial charge < -0.3 is 0 Å². The van der Waals surface area contributed by atoms with E-state index < -0.39 is 0 Å². The van der Waals surface area contributed by atoms with Gasteiger partial charge in [-0.25, -0.2) is 0 Å². The van der Waals surface area contributed by atoms with E-state index in [1.807, 2.05) is 6.08 Å². The van der Waals surface area contributed by atoms with Crippen LogP contribution in [-0.4, -0.2) is 15.4 Å². The van der Waals surface area contributed by atoms with Crippen LogP contribution in [0.1, 0.15) is 19.8 Å². The molecule has 1 atom stereocenters. The van der Waals surface area contributed by atoms with E-state index in [2.05, 4.69) is 23.7 Å². The van der Waals surface area contributed by atoms with Gasteiger partial charge in [-0.15, -0.1) is 16.8 Å². The number of rotatable bonds is 5. The van der Waals surface area contributed by atoms with Crippen molar-refractivity contribution in [3.8, 4) is 0 Å². The van der Waals surface area contributed by atoms with Crippen molar-refractivity contribution in [1.29, 1.82) is 0 Å². The first kappa shape index (κ1) is 9.74. The molecule has 0 aliphatic carbocycles. The summed E-state index contributed by atoms with van der Waals surface area (Å²) in [5.41, 5.74) is 1.77. The minimum atomic E-state index is 0.607. The lowest BCUT2D eigenvalue weighted by molar-refractivity contribution is 0.831. The largest absolute Gasteiger partial charge is 0.174 e. The van der Waals surface area contributed by atoms with Crippen molar-refractivity contribution in [2.45, 2.75) is 29.4 Å². The third-order valence-electron chi connectivity index (χ3n) is 1.42. The fourth-order valence-electron chi connectivity index (χ4n) is 0.798. The zero-order valence-electron chi connectivity index (χ0n) is 7.06. The summed E-state index contributed by atoms with van der Waals surface area (Å²) in [7, 11) is 0. The first-order chi connectivity index (χ1) is 5.83. The third kappa shape index (κ3) is 3.36. The van der Waals surface area contributed by atoms with Gasteiger partial charge in [0.05, 0.1) is 0 Å². The summed E-state index contributed by atoms with van der Waals surface area (Å²) in [5, 5.41) is 8.36. The van der Waals surface area contributed by atoms with Gasteiger partial charge in [0.1, 0.15) is 5.51 Å². The molecule has 0 aliphatic heterocycles. The average Bonchev–Trinajstić information content (AvgIpc) is 2.53. The summed E-state index contributed by atoms with van der Waals surface area (Å²) in [4.78, 5) is 0. The van der Waals surface area contributed by atoms with E-state index in [4.69, 9.17) is 0 Å². The predicted molar refractivity (Wildman–Crippen MR) is 54.7 cm³/mol. The molecule has 1 heterocycles. The second-order valence-corrected chi connectivity index (χ2v) is 5.02. The smallest absolute Gasteiger partial charge is 0.146 e. The second kappa shape index (κ2) is 5.32. The van der Waals surface area contributed by atoms with Crippen LogP contribution >= 0.6 is 23.1 Å². The lowest BCUT2D eigenvalue weighted by atomic mass is 10.2. The first-order valence-corrected chi connectivity index (χ1v) is 5.62. The molecule has 0 N–H and O–H groups in total. The first-order valence-electron chi connectivity index (χ1n) is 3.86. The molecule has 0 amide bonds. The van der Waals surface area contributed by atoms with Gasteiger partial charge in [0, 0.05) is 5.25 Å². The number of allylic oxidation sites excluding steroid dienone is 1. The topological polar surface area (TPSA) is 25.8 Å². The summed E-state index contributed by atoms with van der Waals surface area (Å²) < 4.78 is 1.06. The number of aromatic nitrogens is 2. The van der Waals surface area contributed by atoms with E-state index >= 15 is 0 Å². The Bertz CT molecular complexity index is 221. The molecule has 12 heavy (non-hydrogen) atoms. The van der Waals surface area contributed by atoms with Crippen LogP contribution in [0.4, 0.5) is 0 Å². The molecule has 4 heteroatoms. The highest BCUT2D eigenvalue weighted by molar-refractivity contribution is 8.01. The van der Waals surface area contributed by atoms with Crippen molar-refractivity contribution >= 4 is 23.1 Å². The van der Waals surface area contributed by atoms with Crippen molar-refractivity contribution in [3.05, 3.63) is 18.2 Å². The van der Waals surface area contributed by atoms with Gasteiger partial charge in [-0.05, 0) is 12.8 Å². The molecule has 1 aromatic rings. The van der Waals surface area contributed by atoms with E-state index in [0.717, 1.165) is 17.2 Å². The van der Waals surface area contributed by atoms with Gasteiger partial charge in [-0.1, -0.05) is 36.1 Å². The van der Waals surface area contributed by atoms with E-state index in [1.165, 1.54) is 0 Å². The van der Waals surface area contributed by atoms with E-state index in [9.17, 15) is 0 Å². The Morgan fingerprint density at radius 2 is 2.67 bits per heavy atom. The number of hydrogen-bond acceptors (Lipinski definition) is 4. The molecule has 0 aromatic carbocycles. The van der Waals surface area contributed by atoms with E-state index in [0.29, 0.717) is 5.25 Å². The molecule has 0 saturated carbocycles. The van der Waals surface area contributed by atoms with Crippen molar-refractivity contribution < 1.29 is 0 Å². The van der Waals surface area contributed by atoms with Gasteiger partial charge in [-0.2, -0.15) is 0 Å². The summed E-state index contributed by atoms with van der Waals surface area (Å²) in [6.07, 6.45) is 4.19. The lowest BCUT2D eigenvalue weighted by Crippen LogP contribution is -1.93. The molecule has 66 valence electrons. The monoisotopic (exact) mass is 200 g/mol. The zero-order valence-corrected chi connectivity index (χ0v) is 8.70. The van der Waals surface area contributed by atoms with Crippen LogP contribution < -0.4 is 0 Å². The van der Waals surface area contributed by atoms with Crippen molar-refractivity contribution in [2.75, 3.05) is 0 Å². The number of nitrogens with zero attached hydrogens (tertiary/aromatic N) is 2. The Balaban J connectivity index is 2.26. The maximum atomic E-state index is 3.97. The van der Waals surface area contributed by atoms with E-state index in [1.54, 1.807) is 28.6 Å². The van der Waals surface area contributed by atoms with Gasteiger partial charge in [0.2, 0.25) is 0 Å². The number of hydrogen-bond donors (Lipinski definition) is 0. The Kier molecular flexibility index (Phi) is 4.32. The Morgan fingerprint density at radius 1 is 1.83 bits per heavy atom. The van der Waals surface area contributed by atoms with Crippen LogP contribution in [-0.2, 0) is 0 Å². The minimum absolute atomic E-state index is 0.607. The van der Waals surface area contributed by atoms with Crippen molar-refractivity contribution in [2.24, 2.45) is 0 Å². The van der Waals surface area contributed by atoms with Crippen molar-refractivity contribution in [1.82, 2.24) is 10.2 Å². The highest BCUT2D eigenvalue weighted by Gasteiger charge is 2.05. The number of thioether (sulfide) groups is 1. The molecular weight excluding hydrogens is 188 g/mol. The van der Waals surface area contributed by atoms with Gasteiger partial charge in [0.15, 0.2) is 4.34 Å². The highest BCUT2D eigenvalue weighted by atomic mass is 32.2. The molecule has 0 radical (unpaired) electrons. The minimum Gasteiger partial charge on any atom is -0.146 e. The fraction of sp³-hybridized carbons (Fsp3) is 0.500. The van der Waals surface area contributed by atoms with Crippen LogP contribution in [0.25, 0.3) is 0 Å². The summed E-state index contributed by atoms with van der Waals surface area (Å²) in [6.45, 7) is 5.90. The summed E-state index contributed by atoms with van der Waals surface area (Å²) in [6, 6.07) is 0. The Morgan fingerprint density at radius 3 is 3.25 bits per heavy atom. The highest BCUT2D eigenvalue weighted by Crippen LogP contribution is 2.26. The van der Waals surface area contributed by atoms with Gasteiger partial charge >= 0.3 is 0 Å². The molecule has 0 saturated heterocycles. The molecule has 1 aromatic heterocycles. The van der Waals surface area contributed by atoms with Crippen LogP contribution in [0.3, 0.4) is 0 Å². The maximum Gasteiger partial charge on any atom is 0.174 e. The molecule has 1 rings (SSSR count). The predicted octanol–water partition coefficient (Wildman–Crippen LogP) is 2.98.